The Morgan fingerprint density at radius 1 is 0.882 bits per heavy atom. The topological polar surface area (TPSA) is 68.0 Å². The highest BCUT2D eigenvalue weighted by Crippen LogP contribution is 2.37. The van der Waals surface area contributed by atoms with Crippen molar-refractivity contribution in [1.82, 2.24) is 4.98 Å². The second-order valence-electron chi connectivity index (χ2n) is 8.09. The van der Waals surface area contributed by atoms with Crippen molar-refractivity contribution < 1.29 is 18.7 Å². The van der Waals surface area contributed by atoms with Gasteiger partial charge in [0.2, 0.25) is 12.7 Å². The first-order valence-corrected chi connectivity index (χ1v) is 11.1. The van der Waals surface area contributed by atoms with Crippen LogP contribution >= 0.6 is 0 Å². The number of carbonyl (C=O) groups excluding carboxylic acids is 1. The summed E-state index contributed by atoms with van der Waals surface area (Å²) >= 11 is 0. The number of benzene rings is 3. The van der Waals surface area contributed by atoms with Crippen molar-refractivity contribution in [2.24, 2.45) is 0 Å². The largest absolute Gasteiger partial charge is 0.454 e. The van der Waals surface area contributed by atoms with E-state index >= 15 is 0 Å². The lowest BCUT2D eigenvalue weighted by atomic mass is 10.1. The van der Waals surface area contributed by atoms with Gasteiger partial charge in [-0.1, -0.05) is 18.2 Å². The summed E-state index contributed by atoms with van der Waals surface area (Å²) in [5.41, 5.74) is 3.60. The Hall–Kier alpha value is -4.26. The summed E-state index contributed by atoms with van der Waals surface area (Å²) in [6.45, 7) is 2.55. The number of amides is 1. The third-order valence-electron chi connectivity index (χ3n) is 5.73. The molecule has 0 saturated heterocycles. The molecule has 5 rings (SSSR count). The van der Waals surface area contributed by atoms with E-state index in [9.17, 15) is 4.79 Å². The fourth-order valence-electron chi connectivity index (χ4n) is 3.90. The van der Waals surface area contributed by atoms with Crippen molar-refractivity contribution in [3.8, 4) is 34.3 Å². The molecule has 0 bridgehead atoms. The van der Waals surface area contributed by atoms with Crippen molar-refractivity contribution in [2.75, 3.05) is 37.2 Å². The first-order chi connectivity index (χ1) is 16.5. The van der Waals surface area contributed by atoms with Gasteiger partial charge in [-0.05, 0) is 55.5 Å². The highest BCUT2D eigenvalue weighted by atomic mass is 16.7. The molecule has 0 unspecified atom stereocenters. The van der Waals surface area contributed by atoms with E-state index in [2.05, 4.69) is 4.98 Å². The molecule has 0 atom stereocenters. The molecule has 0 N–H and O–H groups in total. The van der Waals surface area contributed by atoms with Crippen LogP contribution in [0, 0.1) is 0 Å². The zero-order chi connectivity index (χ0) is 23.7. The van der Waals surface area contributed by atoms with Crippen LogP contribution in [0.3, 0.4) is 0 Å². The normalized spacial score (nSPS) is 12.0. The first-order valence-electron chi connectivity index (χ1n) is 11.1. The fourth-order valence-corrected chi connectivity index (χ4v) is 3.90. The van der Waals surface area contributed by atoms with Gasteiger partial charge in [-0.2, -0.15) is 0 Å². The van der Waals surface area contributed by atoms with Gasteiger partial charge in [-0.15, -0.1) is 0 Å². The van der Waals surface area contributed by atoms with Gasteiger partial charge in [0.1, 0.15) is 0 Å². The van der Waals surface area contributed by atoms with Gasteiger partial charge in [0, 0.05) is 49.2 Å². The lowest BCUT2D eigenvalue weighted by Crippen LogP contribution is -2.31. The predicted octanol–water partition coefficient (Wildman–Crippen LogP) is 5.47. The quantitative estimate of drug-likeness (QED) is 0.384. The fraction of sp³-hybridized carbons (Fsp3) is 0.185. The summed E-state index contributed by atoms with van der Waals surface area (Å²) in [6.07, 6.45) is 0. The predicted molar refractivity (Wildman–Crippen MR) is 132 cm³/mol. The van der Waals surface area contributed by atoms with Crippen LogP contribution in [-0.4, -0.2) is 38.3 Å². The molecule has 0 aliphatic carbocycles. The number of fused-ring (bicyclic) bond motifs is 1. The highest BCUT2D eigenvalue weighted by molar-refractivity contribution is 6.08. The number of anilines is 2. The van der Waals surface area contributed by atoms with E-state index in [1.54, 1.807) is 4.90 Å². The summed E-state index contributed by atoms with van der Waals surface area (Å²) in [6, 6.07) is 22.9. The van der Waals surface area contributed by atoms with E-state index in [1.165, 1.54) is 0 Å². The third kappa shape index (κ3) is 3.96. The van der Waals surface area contributed by atoms with Crippen LogP contribution in [0.1, 0.15) is 17.4 Å². The molecule has 3 aromatic carbocycles. The summed E-state index contributed by atoms with van der Waals surface area (Å²) in [5, 5.41) is 0. The molecule has 1 aromatic heterocycles. The molecular weight excluding hydrogens is 430 g/mol. The maximum absolute atomic E-state index is 13.8. The van der Waals surface area contributed by atoms with Gasteiger partial charge >= 0.3 is 0 Å². The Labute approximate surface area is 198 Å². The summed E-state index contributed by atoms with van der Waals surface area (Å²) < 4.78 is 17.1. The van der Waals surface area contributed by atoms with Crippen molar-refractivity contribution in [2.45, 2.75) is 6.92 Å². The molecule has 7 nitrogen and oxygen atoms in total. The van der Waals surface area contributed by atoms with Crippen LogP contribution in [0.25, 0.3) is 22.8 Å². The summed E-state index contributed by atoms with van der Waals surface area (Å²) in [7, 11) is 3.97. The van der Waals surface area contributed by atoms with Crippen LogP contribution in [0.5, 0.6) is 11.5 Å². The maximum atomic E-state index is 13.8. The Morgan fingerprint density at radius 2 is 1.59 bits per heavy atom. The minimum absolute atomic E-state index is 0.176. The van der Waals surface area contributed by atoms with E-state index < -0.39 is 0 Å². The van der Waals surface area contributed by atoms with Crippen molar-refractivity contribution >= 4 is 17.3 Å². The number of hydrogen-bond donors (Lipinski definition) is 0. The number of hydrogen-bond acceptors (Lipinski definition) is 6. The van der Waals surface area contributed by atoms with E-state index in [4.69, 9.17) is 13.9 Å². The van der Waals surface area contributed by atoms with Crippen molar-refractivity contribution in [1.29, 1.82) is 0 Å². The van der Waals surface area contributed by atoms with E-state index in [0.29, 0.717) is 35.4 Å². The monoisotopic (exact) mass is 455 g/mol. The summed E-state index contributed by atoms with van der Waals surface area (Å²) in [4.78, 5) is 22.1. The van der Waals surface area contributed by atoms with E-state index in [1.807, 2.05) is 98.7 Å². The number of rotatable bonds is 6. The van der Waals surface area contributed by atoms with Gasteiger partial charge in [0.05, 0.1) is 0 Å². The second-order valence-corrected chi connectivity index (χ2v) is 8.09. The Bertz CT molecular complexity index is 1310. The summed E-state index contributed by atoms with van der Waals surface area (Å²) in [5.74, 6) is 1.87. The molecule has 34 heavy (non-hydrogen) atoms. The lowest BCUT2D eigenvalue weighted by Gasteiger charge is -2.20. The van der Waals surface area contributed by atoms with Crippen LogP contribution in [0.2, 0.25) is 0 Å². The van der Waals surface area contributed by atoms with Crippen molar-refractivity contribution in [3.05, 3.63) is 78.5 Å². The van der Waals surface area contributed by atoms with Gasteiger partial charge in [-0.3, -0.25) is 4.79 Å². The number of aromatic nitrogens is 1. The minimum Gasteiger partial charge on any atom is -0.454 e. The number of ether oxygens (including phenoxy) is 2. The second kappa shape index (κ2) is 8.94. The molecule has 0 radical (unpaired) electrons. The van der Waals surface area contributed by atoms with Crippen LogP contribution in [0.4, 0.5) is 11.4 Å². The number of oxazole rings is 1. The maximum Gasteiger partial charge on any atom is 0.280 e. The van der Waals surface area contributed by atoms with E-state index in [0.717, 1.165) is 16.8 Å². The highest BCUT2D eigenvalue weighted by Gasteiger charge is 2.28. The van der Waals surface area contributed by atoms with E-state index in [-0.39, 0.29) is 18.4 Å². The van der Waals surface area contributed by atoms with Gasteiger partial charge in [0.25, 0.3) is 5.91 Å². The molecule has 1 aliphatic rings. The number of carbonyl (C=O) groups is 1. The third-order valence-corrected chi connectivity index (χ3v) is 5.73. The molecule has 172 valence electrons. The Morgan fingerprint density at radius 3 is 2.29 bits per heavy atom. The van der Waals surface area contributed by atoms with Crippen molar-refractivity contribution in [3.63, 3.8) is 0 Å². The van der Waals surface area contributed by atoms with Crippen LogP contribution in [-0.2, 0) is 0 Å². The van der Waals surface area contributed by atoms with Gasteiger partial charge < -0.3 is 23.7 Å². The zero-order valence-electron chi connectivity index (χ0n) is 19.3. The molecule has 0 fully saturated rings. The Balaban J connectivity index is 1.58. The van der Waals surface area contributed by atoms with Gasteiger partial charge in [-0.25, -0.2) is 4.98 Å². The zero-order valence-corrected chi connectivity index (χ0v) is 19.3. The minimum atomic E-state index is -0.251. The number of nitrogens with zero attached hydrogens (tertiary/aromatic N) is 3. The molecule has 1 amide bonds. The average molecular weight is 456 g/mol. The first kappa shape index (κ1) is 21.6. The lowest BCUT2D eigenvalue weighted by molar-refractivity contribution is 0.0984. The molecule has 2 heterocycles. The van der Waals surface area contributed by atoms with Crippen LogP contribution < -0.4 is 19.3 Å². The molecule has 0 saturated carbocycles. The molecule has 4 aromatic rings. The van der Waals surface area contributed by atoms with Crippen LogP contribution in [0.15, 0.2) is 77.2 Å². The van der Waals surface area contributed by atoms with Gasteiger partial charge in [0.15, 0.2) is 23.0 Å². The molecule has 1 aliphatic heterocycles. The molecule has 7 heteroatoms. The average Bonchev–Trinajstić information content (AvgIpc) is 3.52. The molecular formula is C27H25N3O4. The smallest absolute Gasteiger partial charge is 0.280 e. The Kier molecular flexibility index (Phi) is 5.67. The SMILES string of the molecule is CCN(C(=O)c1nc(-c2ccccc2)oc1-c1ccc(N(C)C)cc1)c1ccc2c(c1)OCO2. The standard InChI is InChI=1S/C27H25N3O4/c1-4-30(21-14-15-22-23(16-21)33-17-32-22)27(31)24-25(18-10-12-20(13-11-18)29(2)3)34-26(28-24)19-8-6-5-7-9-19/h5-16H,4,17H2,1-3H3. The molecule has 0 spiro atoms.